The number of rotatable bonds is 4. The molecule has 0 aliphatic carbocycles. The summed E-state index contributed by atoms with van der Waals surface area (Å²) in [4.78, 5) is 11.4. The second-order valence-corrected chi connectivity index (χ2v) is 4.63. The monoisotopic (exact) mass is 296 g/mol. The molecule has 0 aliphatic heterocycles. The van der Waals surface area contributed by atoms with Crippen LogP contribution in [0.3, 0.4) is 0 Å². The van der Waals surface area contributed by atoms with E-state index in [1.807, 2.05) is 0 Å². The Hall–Kier alpha value is -1.94. The van der Waals surface area contributed by atoms with Crippen molar-refractivity contribution in [2.75, 3.05) is 0 Å². The molecule has 0 bridgehead atoms. The first-order valence-corrected chi connectivity index (χ1v) is 6.22. The maximum atomic E-state index is 13.1. The highest BCUT2D eigenvalue weighted by atomic mass is 35.5. The number of carbonyl (C=O) groups is 1. The average Bonchev–Trinajstić information content (AvgIpc) is 2.38. The van der Waals surface area contributed by atoms with Gasteiger partial charge in [-0.15, -0.1) is 0 Å². The van der Waals surface area contributed by atoms with E-state index in [1.165, 1.54) is 37.3 Å². The Kier molecular flexibility index (Phi) is 4.35. The summed E-state index contributed by atoms with van der Waals surface area (Å²) < 4.78 is 31.5. The molecule has 0 fully saturated rings. The van der Waals surface area contributed by atoms with Gasteiger partial charge in [0.1, 0.15) is 24.0 Å². The maximum absolute atomic E-state index is 13.1. The third kappa shape index (κ3) is 3.33. The standard InChI is InChI=1S/C15H11ClF2O2/c1-9(19)13-6-11(17)4-5-15(13)20-8-10-2-3-12(18)7-14(10)16/h2-7H,8H2,1H3. The van der Waals surface area contributed by atoms with E-state index in [4.69, 9.17) is 16.3 Å². The van der Waals surface area contributed by atoms with Crippen LogP contribution in [0.5, 0.6) is 5.75 Å². The second kappa shape index (κ2) is 6.01. The van der Waals surface area contributed by atoms with Crippen molar-refractivity contribution in [2.24, 2.45) is 0 Å². The summed E-state index contributed by atoms with van der Waals surface area (Å²) in [6.45, 7) is 1.39. The minimum Gasteiger partial charge on any atom is -0.488 e. The smallest absolute Gasteiger partial charge is 0.163 e. The predicted molar refractivity (Wildman–Crippen MR) is 72.1 cm³/mol. The van der Waals surface area contributed by atoms with E-state index < -0.39 is 11.6 Å². The van der Waals surface area contributed by atoms with Crippen molar-refractivity contribution in [3.05, 3.63) is 64.2 Å². The largest absolute Gasteiger partial charge is 0.488 e. The van der Waals surface area contributed by atoms with Crippen LogP contribution in [-0.2, 0) is 6.61 Å². The van der Waals surface area contributed by atoms with Gasteiger partial charge in [-0.2, -0.15) is 0 Å². The van der Waals surface area contributed by atoms with Crippen LogP contribution >= 0.6 is 11.6 Å². The molecular weight excluding hydrogens is 286 g/mol. The molecule has 2 rings (SSSR count). The zero-order chi connectivity index (χ0) is 14.7. The lowest BCUT2D eigenvalue weighted by molar-refractivity contribution is 0.101. The van der Waals surface area contributed by atoms with Gasteiger partial charge < -0.3 is 4.74 Å². The minimum atomic E-state index is -0.512. The van der Waals surface area contributed by atoms with Crippen molar-refractivity contribution in [2.45, 2.75) is 13.5 Å². The first kappa shape index (κ1) is 14.5. The van der Waals surface area contributed by atoms with Crippen molar-refractivity contribution in [3.63, 3.8) is 0 Å². The van der Waals surface area contributed by atoms with Gasteiger partial charge in [-0.1, -0.05) is 17.7 Å². The van der Waals surface area contributed by atoms with Crippen molar-refractivity contribution in [3.8, 4) is 5.75 Å². The van der Waals surface area contributed by atoms with E-state index in [9.17, 15) is 13.6 Å². The third-order valence-corrected chi connectivity index (χ3v) is 3.07. The summed E-state index contributed by atoms with van der Waals surface area (Å²) >= 11 is 5.88. The molecule has 0 heterocycles. The predicted octanol–water partition coefficient (Wildman–Crippen LogP) is 4.40. The van der Waals surface area contributed by atoms with E-state index in [0.29, 0.717) is 5.56 Å². The van der Waals surface area contributed by atoms with Crippen molar-refractivity contribution in [1.29, 1.82) is 0 Å². The molecule has 0 spiro atoms. The van der Waals surface area contributed by atoms with Crippen LogP contribution in [0, 0.1) is 11.6 Å². The number of ether oxygens (including phenoxy) is 1. The molecule has 2 aromatic rings. The molecule has 5 heteroatoms. The lowest BCUT2D eigenvalue weighted by atomic mass is 10.1. The summed E-state index contributed by atoms with van der Waals surface area (Å²) in [6, 6.07) is 7.63. The average molecular weight is 297 g/mol. The number of hydrogen-bond donors (Lipinski definition) is 0. The molecule has 0 saturated carbocycles. The highest BCUT2D eigenvalue weighted by Crippen LogP contribution is 2.24. The first-order chi connectivity index (χ1) is 9.47. The van der Waals surface area contributed by atoms with Gasteiger partial charge in [-0.25, -0.2) is 8.78 Å². The third-order valence-electron chi connectivity index (χ3n) is 2.72. The lowest BCUT2D eigenvalue weighted by Crippen LogP contribution is -2.03. The highest BCUT2D eigenvalue weighted by molar-refractivity contribution is 6.31. The SMILES string of the molecule is CC(=O)c1cc(F)ccc1OCc1ccc(F)cc1Cl. The number of Topliss-reactive ketones (excluding diaryl/α,β-unsaturated/α-hetero) is 1. The highest BCUT2D eigenvalue weighted by Gasteiger charge is 2.11. The van der Waals surface area contributed by atoms with E-state index in [0.717, 1.165) is 6.07 Å². The molecule has 2 nitrogen and oxygen atoms in total. The fourth-order valence-corrected chi connectivity index (χ4v) is 1.92. The zero-order valence-electron chi connectivity index (χ0n) is 10.6. The summed E-state index contributed by atoms with van der Waals surface area (Å²) in [5.41, 5.74) is 0.732. The molecule has 20 heavy (non-hydrogen) atoms. The summed E-state index contributed by atoms with van der Waals surface area (Å²) in [5, 5.41) is 0.233. The Balaban J connectivity index is 2.20. The molecule has 0 radical (unpaired) electrons. The van der Waals surface area contributed by atoms with Crippen molar-refractivity contribution in [1.82, 2.24) is 0 Å². The first-order valence-electron chi connectivity index (χ1n) is 5.84. The van der Waals surface area contributed by atoms with E-state index in [2.05, 4.69) is 0 Å². The van der Waals surface area contributed by atoms with Gasteiger partial charge in [-0.05, 0) is 37.3 Å². The van der Waals surface area contributed by atoms with Crippen LogP contribution < -0.4 is 4.74 Å². The Bertz CT molecular complexity index is 656. The zero-order valence-corrected chi connectivity index (χ0v) is 11.4. The summed E-state index contributed by atoms with van der Waals surface area (Å²) in [5.74, 6) is -0.990. The van der Waals surface area contributed by atoms with Gasteiger partial charge >= 0.3 is 0 Å². The number of ketones is 1. The summed E-state index contributed by atoms with van der Waals surface area (Å²) in [6.07, 6.45) is 0. The Morgan fingerprint density at radius 1 is 1.15 bits per heavy atom. The normalized spacial score (nSPS) is 10.4. The molecule has 0 atom stereocenters. The number of carbonyl (C=O) groups excluding carboxylic acids is 1. The van der Waals surface area contributed by atoms with Gasteiger partial charge in [0.05, 0.1) is 10.6 Å². The molecule has 0 N–H and O–H groups in total. The molecule has 0 unspecified atom stereocenters. The van der Waals surface area contributed by atoms with Crippen LogP contribution in [0.15, 0.2) is 36.4 Å². The minimum absolute atomic E-state index is 0.0605. The van der Waals surface area contributed by atoms with Gasteiger partial charge in [0.2, 0.25) is 0 Å². The quantitative estimate of drug-likeness (QED) is 0.782. The van der Waals surface area contributed by atoms with Crippen molar-refractivity contribution < 1.29 is 18.3 Å². The van der Waals surface area contributed by atoms with Gasteiger partial charge in [0.15, 0.2) is 5.78 Å². The Labute approximate surface area is 119 Å². The van der Waals surface area contributed by atoms with Crippen LogP contribution in [0.1, 0.15) is 22.8 Å². The fourth-order valence-electron chi connectivity index (χ4n) is 1.70. The van der Waals surface area contributed by atoms with E-state index in [1.54, 1.807) is 0 Å². The molecule has 0 saturated heterocycles. The molecule has 2 aromatic carbocycles. The van der Waals surface area contributed by atoms with Crippen molar-refractivity contribution >= 4 is 17.4 Å². The van der Waals surface area contributed by atoms with Crippen LogP contribution in [0.2, 0.25) is 5.02 Å². The maximum Gasteiger partial charge on any atom is 0.163 e. The topological polar surface area (TPSA) is 26.3 Å². The summed E-state index contributed by atoms with van der Waals surface area (Å²) in [7, 11) is 0. The van der Waals surface area contributed by atoms with Crippen LogP contribution in [0.4, 0.5) is 8.78 Å². The fraction of sp³-hybridized carbons (Fsp3) is 0.133. The van der Waals surface area contributed by atoms with Crippen LogP contribution in [-0.4, -0.2) is 5.78 Å². The van der Waals surface area contributed by atoms with E-state index >= 15 is 0 Å². The molecule has 0 amide bonds. The molecular formula is C15H11ClF2O2. The molecule has 104 valence electrons. The van der Waals surface area contributed by atoms with Gasteiger partial charge in [0, 0.05) is 5.56 Å². The Morgan fingerprint density at radius 2 is 1.80 bits per heavy atom. The second-order valence-electron chi connectivity index (χ2n) is 4.22. The number of hydrogen-bond acceptors (Lipinski definition) is 2. The van der Waals surface area contributed by atoms with Crippen LogP contribution in [0.25, 0.3) is 0 Å². The molecule has 0 aromatic heterocycles. The number of halogens is 3. The lowest BCUT2D eigenvalue weighted by Gasteiger charge is -2.11. The Morgan fingerprint density at radius 3 is 2.45 bits per heavy atom. The van der Waals surface area contributed by atoms with E-state index in [-0.39, 0.29) is 28.7 Å². The number of benzene rings is 2. The van der Waals surface area contributed by atoms with Gasteiger partial charge in [0.25, 0.3) is 0 Å². The molecule has 0 aliphatic rings. The van der Waals surface area contributed by atoms with Gasteiger partial charge in [-0.3, -0.25) is 4.79 Å².